The van der Waals surface area contributed by atoms with Crippen LogP contribution in [-0.2, 0) is 25.7 Å². The van der Waals surface area contributed by atoms with E-state index in [0.29, 0.717) is 38.9 Å². The molecule has 4 amide bonds. The van der Waals surface area contributed by atoms with E-state index in [1.807, 2.05) is 30.3 Å². The highest BCUT2D eigenvalue weighted by Gasteiger charge is 2.53. The van der Waals surface area contributed by atoms with Gasteiger partial charge in [-0.05, 0) is 24.8 Å². The van der Waals surface area contributed by atoms with Crippen molar-refractivity contribution in [2.24, 2.45) is 11.8 Å². The number of rotatable bonds is 3. The Kier molecular flexibility index (Phi) is 4.91. The predicted octanol–water partition coefficient (Wildman–Crippen LogP) is 1.03. The first kappa shape index (κ1) is 18.7. The van der Waals surface area contributed by atoms with Gasteiger partial charge in [0.2, 0.25) is 17.7 Å². The lowest BCUT2D eigenvalue weighted by molar-refractivity contribution is -0.147. The first-order valence-electron chi connectivity index (χ1n) is 9.92. The van der Waals surface area contributed by atoms with Gasteiger partial charge in [0.15, 0.2) is 0 Å². The molecule has 28 heavy (non-hydrogen) atoms. The molecule has 0 aliphatic carbocycles. The smallest absolute Gasteiger partial charge is 0.253 e. The Labute approximate surface area is 164 Å². The SMILES string of the molecule is CC(=O)N1CCC(C(=O)N2CCC[C@H]3C(=O)N(Cc4ccccc4)C(=O)[C@H]32)C1. The first-order chi connectivity index (χ1) is 13.5. The number of likely N-dealkylation sites (tertiary alicyclic amines) is 3. The van der Waals surface area contributed by atoms with Gasteiger partial charge in [-0.15, -0.1) is 0 Å². The molecule has 0 bridgehead atoms. The predicted molar refractivity (Wildman–Crippen MR) is 101 cm³/mol. The molecule has 4 rings (SSSR count). The van der Waals surface area contributed by atoms with Crippen LogP contribution >= 0.6 is 0 Å². The van der Waals surface area contributed by atoms with Gasteiger partial charge in [0.05, 0.1) is 18.4 Å². The number of carbonyl (C=O) groups excluding carboxylic acids is 4. The number of amides is 4. The zero-order chi connectivity index (χ0) is 19.8. The van der Waals surface area contributed by atoms with Gasteiger partial charge in [-0.25, -0.2) is 0 Å². The Morgan fingerprint density at radius 3 is 2.46 bits per heavy atom. The average Bonchev–Trinajstić information content (AvgIpc) is 3.29. The summed E-state index contributed by atoms with van der Waals surface area (Å²) in [5.41, 5.74) is 0.897. The summed E-state index contributed by atoms with van der Waals surface area (Å²) in [5, 5.41) is 0. The molecule has 3 heterocycles. The van der Waals surface area contributed by atoms with Crippen LogP contribution in [0.1, 0.15) is 31.7 Å². The summed E-state index contributed by atoms with van der Waals surface area (Å²) >= 11 is 0. The number of piperidine rings is 1. The van der Waals surface area contributed by atoms with Crippen LogP contribution in [0.15, 0.2) is 30.3 Å². The lowest BCUT2D eigenvalue weighted by Crippen LogP contribution is -2.53. The Morgan fingerprint density at radius 1 is 1.04 bits per heavy atom. The van der Waals surface area contributed by atoms with Gasteiger partial charge < -0.3 is 9.80 Å². The summed E-state index contributed by atoms with van der Waals surface area (Å²) in [4.78, 5) is 55.3. The molecule has 1 aromatic rings. The zero-order valence-electron chi connectivity index (χ0n) is 16.0. The minimum absolute atomic E-state index is 0.0343. The molecule has 3 saturated heterocycles. The van der Waals surface area contributed by atoms with Gasteiger partial charge >= 0.3 is 0 Å². The Bertz CT molecular complexity index is 809. The molecule has 7 nitrogen and oxygen atoms in total. The Hall–Kier alpha value is -2.70. The third-order valence-corrected chi connectivity index (χ3v) is 6.18. The summed E-state index contributed by atoms with van der Waals surface area (Å²) in [6.07, 6.45) is 1.96. The molecule has 3 aliphatic rings. The molecule has 1 unspecified atom stereocenters. The van der Waals surface area contributed by atoms with E-state index in [0.717, 1.165) is 5.56 Å². The van der Waals surface area contributed by atoms with E-state index in [1.165, 1.54) is 11.8 Å². The molecular formula is C21H25N3O4. The standard InChI is InChI=1S/C21H25N3O4/c1-14(25)22-11-9-16(13-22)19(26)23-10-5-8-17-18(23)21(28)24(20(17)27)12-15-6-3-2-4-7-15/h2-4,6-7,16-18H,5,8-13H2,1H3/t16?,17-,18+/m1/s1. The van der Waals surface area contributed by atoms with E-state index < -0.39 is 12.0 Å². The summed E-state index contributed by atoms with van der Waals surface area (Å²) in [6.45, 7) is 3.22. The van der Waals surface area contributed by atoms with Crippen molar-refractivity contribution in [3.8, 4) is 0 Å². The highest BCUT2D eigenvalue weighted by atomic mass is 16.2. The Balaban J connectivity index is 1.52. The minimum Gasteiger partial charge on any atom is -0.342 e. The third kappa shape index (κ3) is 3.19. The topological polar surface area (TPSA) is 78.0 Å². The van der Waals surface area contributed by atoms with Gasteiger partial charge in [0.25, 0.3) is 5.91 Å². The van der Waals surface area contributed by atoms with Crippen LogP contribution in [0.2, 0.25) is 0 Å². The van der Waals surface area contributed by atoms with Crippen LogP contribution < -0.4 is 0 Å². The number of benzene rings is 1. The van der Waals surface area contributed by atoms with Gasteiger partial charge in [0, 0.05) is 26.6 Å². The molecule has 3 atom stereocenters. The molecule has 0 aromatic heterocycles. The van der Waals surface area contributed by atoms with E-state index in [-0.39, 0.29) is 36.1 Å². The molecule has 3 fully saturated rings. The normalized spacial score (nSPS) is 27.3. The summed E-state index contributed by atoms with van der Waals surface area (Å²) < 4.78 is 0. The summed E-state index contributed by atoms with van der Waals surface area (Å²) in [7, 11) is 0. The van der Waals surface area contributed by atoms with Crippen molar-refractivity contribution < 1.29 is 19.2 Å². The average molecular weight is 383 g/mol. The van der Waals surface area contributed by atoms with Gasteiger partial charge in [-0.3, -0.25) is 24.1 Å². The van der Waals surface area contributed by atoms with Crippen molar-refractivity contribution in [2.75, 3.05) is 19.6 Å². The molecule has 7 heteroatoms. The summed E-state index contributed by atoms with van der Waals surface area (Å²) in [6, 6.07) is 8.74. The van der Waals surface area contributed by atoms with Gasteiger partial charge in [-0.1, -0.05) is 30.3 Å². The van der Waals surface area contributed by atoms with E-state index in [1.54, 1.807) is 9.80 Å². The third-order valence-electron chi connectivity index (χ3n) is 6.18. The van der Waals surface area contributed by atoms with Crippen molar-refractivity contribution in [3.63, 3.8) is 0 Å². The maximum atomic E-state index is 13.1. The number of imide groups is 1. The molecule has 0 spiro atoms. The molecule has 0 radical (unpaired) electrons. The second-order valence-electron chi connectivity index (χ2n) is 7.92. The first-order valence-corrected chi connectivity index (χ1v) is 9.92. The molecule has 0 N–H and O–H groups in total. The molecular weight excluding hydrogens is 358 g/mol. The van der Waals surface area contributed by atoms with Crippen molar-refractivity contribution >= 4 is 23.6 Å². The number of nitrogens with zero attached hydrogens (tertiary/aromatic N) is 3. The fourth-order valence-corrected chi connectivity index (χ4v) is 4.68. The maximum absolute atomic E-state index is 13.1. The molecule has 148 valence electrons. The van der Waals surface area contributed by atoms with E-state index in [4.69, 9.17) is 0 Å². The molecule has 0 saturated carbocycles. The van der Waals surface area contributed by atoms with Crippen LogP contribution in [0.5, 0.6) is 0 Å². The second-order valence-corrected chi connectivity index (χ2v) is 7.92. The van der Waals surface area contributed by atoms with Gasteiger partial charge in [-0.2, -0.15) is 0 Å². The quantitative estimate of drug-likeness (QED) is 0.731. The van der Waals surface area contributed by atoms with Crippen LogP contribution in [0.25, 0.3) is 0 Å². The summed E-state index contributed by atoms with van der Waals surface area (Å²) in [5.74, 6) is -1.30. The van der Waals surface area contributed by atoms with Crippen molar-refractivity contribution in [1.82, 2.24) is 14.7 Å². The zero-order valence-corrected chi connectivity index (χ0v) is 16.0. The van der Waals surface area contributed by atoms with Crippen molar-refractivity contribution in [1.29, 1.82) is 0 Å². The van der Waals surface area contributed by atoms with Crippen LogP contribution in [0.4, 0.5) is 0 Å². The lowest BCUT2D eigenvalue weighted by atomic mass is 9.90. The van der Waals surface area contributed by atoms with Gasteiger partial charge in [0.1, 0.15) is 6.04 Å². The molecule has 3 aliphatic heterocycles. The largest absolute Gasteiger partial charge is 0.342 e. The van der Waals surface area contributed by atoms with E-state index in [9.17, 15) is 19.2 Å². The highest BCUT2D eigenvalue weighted by Crippen LogP contribution is 2.35. The lowest BCUT2D eigenvalue weighted by Gasteiger charge is -2.36. The van der Waals surface area contributed by atoms with E-state index in [2.05, 4.69) is 0 Å². The second kappa shape index (κ2) is 7.37. The fraction of sp³-hybridized carbons (Fsp3) is 0.524. The van der Waals surface area contributed by atoms with Crippen LogP contribution in [0.3, 0.4) is 0 Å². The molecule has 1 aromatic carbocycles. The van der Waals surface area contributed by atoms with Crippen molar-refractivity contribution in [2.45, 2.75) is 38.8 Å². The fourth-order valence-electron chi connectivity index (χ4n) is 4.68. The number of fused-ring (bicyclic) bond motifs is 1. The number of hydrogen-bond donors (Lipinski definition) is 0. The highest BCUT2D eigenvalue weighted by molar-refractivity contribution is 6.08. The number of carbonyl (C=O) groups is 4. The van der Waals surface area contributed by atoms with Crippen LogP contribution in [-0.4, -0.2) is 64.0 Å². The monoisotopic (exact) mass is 383 g/mol. The Morgan fingerprint density at radius 2 is 1.79 bits per heavy atom. The van der Waals surface area contributed by atoms with Crippen LogP contribution in [0, 0.1) is 11.8 Å². The van der Waals surface area contributed by atoms with E-state index >= 15 is 0 Å². The minimum atomic E-state index is -0.691. The number of hydrogen-bond acceptors (Lipinski definition) is 4. The maximum Gasteiger partial charge on any atom is 0.253 e. The van der Waals surface area contributed by atoms with Crippen molar-refractivity contribution in [3.05, 3.63) is 35.9 Å².